The Bertz CT molecular complexity index is 1460. The van der Waals surface area contributed by atoms with Crippen molar-refractivity contribution >= 4 is 39.3 Å². The summed E-state index contributed by atoms with van der Waals surface area (Å²) in [5.41, 5.74) is 2.94. The molecule has 210 valence electrons. The molecule has 40 heavy (non-hydrogen) atoms. The number of aryl methyl sites for hydroxylation is 1. The molecule has 3 amide bonds. The van der Waals surface area contributed by atoms with Gasteiger partial charge in [0.25, 0.3) is 17.7 Å². The molecule has 2 N–H and O–H groups in total. The number of carbonyl (C=O) groups is 3. The molecule has 3 aromatic carbocycles. The predicted molar refractivity (Wildman–Crippen MR) is 147 cm³/mol. The fraction of sp³-hybridized carbons (Fsp3) is 0.250. The quantitative estimate of drug-likeness (QED) is 0.189. The fourth-order valence-corrected chi connectivity index (χ4v) is 6.37. The van der Waals surface area contributed by atoms with E-state index in [4.69, 9.17) is 16.3 Å². The molecular weight excluding hydrogens is 558 g/mol. The number of amides is 3. The average Bonchev–Trinajstić information content (AvgIpc) is 3.21. The normalized spacial score (nSPS) is 13.8. The summed E-state index contributed by atoms with van der Waals surface area (Å²) in [7, 11) is -2.82. The molecule has 0 radical (unpaired) electrons. The van der Waals surface area contributed by atoms with Gasteiger partial charge in [-0.25, -0.2) is 13.9 Å². The second-order valence-corrected chi connectivity index (χ2v) is 11.4. The highest BCUT2D eigenvalue weighted by Gasteiger charge is 2.39. The number of halogens is 1. The monoisotopic (exact) mass is 585 g/mol. The molecule has 0 aromatic heterocycles. The number of rotatable bonds is 12. The van der Waals surface area contributed by atoms with Crippen molar-refractivity contribution in [2.75, 3.05) is 20.2 Å². The van der Waals surface area contributed by atoms with Crippen molar-refractivity contribution < 1.29 is 32.7 Å². The molecule has 0 fully saturated rings. The maximum absolute atomic E-state index is 13.8. The van der Waals surface area contributed by atoms with Gasteiger partial charge >= 0.3 is 0 Å². The molecule has 1 heterocycles. The number of nitrogens with zero attached hydrogens (tertiary/aromatic N) is 2. The molecule has 0 aliphatic carbocycles. The Morgan fingerprint density at radius 2 is 1.60 bits per heavy atom. The minimum absolute atomic E-state index is 0.0861. The first-order chi connectivity index (χ1) is 19.2. The molecule has 0 spiro atoms. The van der Waals surface area contributed by atoms with E-state index < -0.39 is 33.8 Å². The van der Waals surface area contributed by atoms with Crippen LogP contribution in [0, 0.1) is 0 Å². The number of nitrogens with one attached hydrogen (secondary N) is 1. The molecule has 1 aliphatic heterocycles. The number of methoxy groups -OCH3 is 1. The largest absolute Gasteiger partial charge is 0.497 e. The maximum Gasteiger partial charge on any atom is 0.261 e. The zero-order valence-corrected chi connectivity index (χ0v) is 23.2. The van der Waals surface area contributed by atoms with Crippen LogP contribution in [-0.4, -0.2) is 66.8 Å². The van der Waals surface area contributed by atoms with E-state index in [1.54, 1.807) is 29.7 Å². The number of hydrogen-bond donors (Lipinski definition) is 2. The molecule has 1 atom stereocenters. The lowest BCUT2D eigenvalue weighted by atomic mass is 10.1. The average molecular weight is 586 g/mol. The molecule has 0 saturated heterocycles. The Kier molecular flexibility index (Phi) is 9.21. The number of carbonyl (C=O) groups excluding carboxylic acids is 3. The van der Waals surface area contributed by atoms with Gasteiger partial charge < -0.3 is 4.74 Å². The van der Waals surface area contributed by atoms with E-state index >= 15 is 0 Å². The van der Waals surface area contributed by atoms with E-state index in [0.29, 0.717) is 23.6 Å². The van der Waals surface area contributed by atoms with Gasteiger partial charge in [-0.2, -0.15) is 4.31 Å². The summed E-state index contributed by atoms with van der Waals surface area (Å²) in [6.07, 6.45) is 0.575. The highest BCUT2D eigenvalue weighted by molar-refractivity contribution is 7.89. The van der Waals surface area contributed by atoms with Crippen LogP contribution in [0.2, 0.25) is 5.02 Å². The van der Waals surface area contributed by atoms with Gasteiger partial charge in [0, 0.05) is 18.1 Å². The molecule has 0 bridgehead atoms. The summed E-state index contributed by atoms with van der Waals surface area (Å²) < 4.78 is 33.8. The standard InChI is InChI=1S/C28H28ClN3O7S/c1-39-21-12-14-22(15-13-21)40(37,38)32(17-4-5-19-8-10-20(29)11-9-19)25(26(33)30-36)16-18-31-27(34)23-6-2-3-7-24(23)28(31)35/h2-3,6-15,25,36H,4-5,16-18H2,1H3,(H,30,33). The first-order valence-electron chi connectivity index (χ1n) is 12.5. The molecule has 0 saturated carbocycles. The van der Waals surface area contributed by atoms with Gasteiger partial charge in [-0.3, -0.25) is 24.5 Å². The van der Waals surface area contributed by atoms with E-state index in [1.807, 2.05) is 12.1 Å². The van der Waals surface area contributed by atoms with E-state index in [2.05, 4.69) is 0 Å². The van der Waals surface area contributed by atoms with Crippen LogP contribution in [0.5, 0.6) is 5.75 Å². The summed E-state index contributed by atoms with van der Waals surface area (Å²) in [4.78, 5) is 39.5. The molecule has 3 aromatic rings. The minimum atomic E-state index is -4.27. The number of hydroxylamine groups is 1. The van der Waals surface area contributed by atoms with Crippen LogP contribution in [0.4, 0.5) is 0 Å². The topological polar surface area (TPSA) is 133 Å². The van der Waals surface area contributed by atoms with Crippen molar-refractivity contribution in [1.29, 1.82) is 0 Å². The van der Waals surface area contributed by atoms with E-state index in [1.165, 1.54) is 43.5 Å². The van der Waals surface area contributed by atoms with Gasteiger partial charge in [0.1, 0.15) is 11.8 Å². The summed E-state index contributed by atoms with van der Waals surface area (Å²) >= 11 is 5.96. The van der Waals surface area contributed by atoms with E-state index in [0.717, 1.165) is 14.8 Å². The molecule has 1 aliphatic rings. The van der Waals surface area contributed by atoms with Crippen LogP contribution < -0.4 is 10.2 Å². The first kappa shape index (κ1) is 29.2. The Labute approximate surface area is 237 Å². The maximum atomic E-state index is 13.8. The van der Waals surface area contributed by atoms with Gasteiger partial charge in [0.15, 0.2) is 0 Å². The van der Waals surface area contributed by atoms with Crippen LogP contribution in [0.1, 0.15) is 39.1 Å². The summed E-state index contributed by atoms with van der Waals surface area (Å²) in [6.45, 7) is -0.326. The predicted octanol–water partition coefficient (Wildman–Crippen LogP) is 3.53. The Morgan fingerprint density at radius 1 is 1.00 bits per heavy atom. The van der Waals surface area contributed by atoms with Crippen molar-refractivity contribution in [3.8, 4) is 5.75 Å². The van der Waals surface area contributed by atoms with Crippen LogP contribution >= 0.6 is 11.6 Å². The van der Waals surface area contributed by atoms with Crippen molar-refractivity contribution in [3.63, 3.8) is 0 Å². The summed E-state index contributed by atoms with van der Waals surface area (Å²) in [6, 6.07) is 17.7. The Hall–Kier alpha value is -3.77. The smallest absolute Gasteiger partial charge is 0.261 e. The van der Waals surface area contributed by atoms with E-state index in [-0.39, 0.29) is 35.5 Å². The van der Waals surface area contributed by atoms with E-state index in [9.17, 15) is 28.0 Å². The highest BCUT2D eigenvalue weighted by Crippen LogP contribution is 2.26. The third-order valence-corrected chi connectivity index (χ3v) is 8.86. The van der Waals surface area contributed by atoms with Crippen molar-refractivity contribution in [3.05, 3.63) is 94.5 Å². The Morgan fingerprint density at radius 3 is 2.15 bits per heavy atom. The number of benzene rings is 3. The number of ether oxygens (including phenoxy) is 1. The van der Waals surface area contributed by atoms with Crippen molar-refractivity contribution in [2.24, 2.45) is 0 Å². The number of fused-ring (bicyclic) bond motifs is 1. The molecule has 10 nitrogen and oxygen atoms in total. The third-order valence-electron chi connectivity index (χ3n) is 6.69. The Balaban J connectivity index is 1.61. The molecule has 12 heteroatoms. The van der Waals surface area contributed by atoms with Gasteiger partial charge in [-0.05, 0) is 73.4 Å². The SMILES string of the molecule is COc1ccc(S(=O)(=O)N(CCCc2ccc(Cl)cc2)C(CCN2C(=O)c3ccccc3C2=O)C(=O)NO)cc1. The molecule has 4 rings (SSSR count). The van der Waals surface area contributed by atoms with Crippen molar-refractivity contribution in [1.82, 2.24) is 14.7 Å². The third kappa shape index (κ3) is 6.18. The summed E-state index contributed by atoms with van der Waals surface area (Å²) in [5, 5.41) is 10.1. The fourth-order valence-electron chi connectivity index (χ4n) is 4.59. The van der Waals surface area contributed by atoms with Gasteiger partial charge in [-0.15, -0.1) is 0 Å². The number of sulfonamides is 1. The van der Waals surface area contributed by atoms with Crippen LogP contribution in [0.25, 0.3) is 0 Å². The van der Waals surface area contributed by atoms with Crippen LogP contribution in [-0.2, 0) is 21.2 Å². The van der Waals surface area contributed by atoms with Crippen LogP contribution in [0.3, 0.4) is 0 Å². The van der Waals surface area contributed by atoms with Crippen LogP contribution in [0.15, 0.2) is 77.7 Å². The minimum Gasteiger partial charge on any atom is -0.497 e. The lowest BCUT2D eigenvalue weighted by molar-refractivity contribution is -0.133. The number of imide groups is 1. The van der Waals surface area contributed by atoms with Gasteiger partial charge in [0.05, 0.1) is 23.1 Å². The van der Waals surface area contributed by atoms with Gasteiger partial charge in [-0.1, -0.05) is 35.9 Å². The van der Waals surface area contributed by atoms with Crippen molar-refractivity contribution in [2.45, 2.75) is 30.2 Å². The zero-order chi connectivity index (χ0) is 28.9. The molecule has 1 unspecified atom stereocenters. The lowest BCUT2D eigenvalue weighted by Gasteiger charge is -2.30. The van der Waals surface area contributed by atoms with Gasteiger partial charge in [0.2, 0.25) is 10.0 Å². The second-order valence-electron chi connectivity index (χ2n) is 9.11. The highest BCUT2D eigenvalue weighted by atomic mass is 35.5. The molecular formula is C28H28ClN3O7S. The lowest BCUT2D eigenvalue weighted by Crippen LogP contribution is -2.51. The first-order valence-corrected chi connectivity index (χ1v) is 14.3. The number of hydrogen-bond acceptors (Lipinski definition) is 7. The zero-order valence-electron chi connectivity index (χ0n) is 21.6. The second kappa shape index (κ2) is 12.6. The summed E-state index contributed by atoms with van der Waals surface area (Å²) in [5.74, 6) is -1.60.